The number of hydrogen-bond acceptors (Lipinski definition) is 3. The lowest BCUT2D eigenvalue weighted by Gasteiger charge is -2.13. The molecule has 0 atom stereocenters. The zero-order valence-electron chi connectivity index (χ0n) is 13.2. The SMILES string of the molecule is COC(=O)c1c(Cc2cc(C)ccc2O)ccc2ccccc12. The fourth-order valence-electron chi connectivity index (χ4n) is 2.87. The number of aromatic hydroxyl groups is 1. The highest BCUT2D eigenvalue weighted by Crippen LogP contribution is 2.28. The summed E-state index contributed by atoms with van der Waals surface area (Å²) in [6.45, 7) is 1.98. The van der Waals surface area contributed by atoms with Gasteiger partial charge in [0, 0.05) is 6.42 Å². The number of phenols is 1. The van der Waals surface area contributed by atoms with E-state index in [2.05, 4.69) is 0 Å². The van der Waals surface area contributed by atoms with Crippen molar-refractivity contribution in [1.29, 1.82) is 0 Å². The van der Waals surface area contributed by atoms with Crippen LogP contribution in [0.15, 0.2) is 54.6 Å². The van der Waals surface area contributed by atoms with Crippen LogP contribution >= 0.6 is 0 Å². The molecule has 0 aliphatic rings. The van der Waals surface area contributed by atoms with E-state index in [0.29, 0.717) is 12.0 Å². The molecule has 0 saturated carbocycles. The Kier molecular flexibility index (Phi) is 4.02. The Morgan fingerprint density at radius 1 is 1.04 bits per heavy atom. The van der Waals surface area contributed by atoms with Crippen molar-refractivity contribution in [3.8, 4) is 5.75 Å². The third-order valence-electron chi connectivity index (χ3n) is 4.02. The van der Waals surface area contributed by atoms with Crippen molar-refractivity contribution in [3.05, 3.63) is 76.9 Å². The predicted octanol–water partition coefficient (Wildman–Crippen LogP) is 4.23. The zero-order chi connectivity index (χ0) is 16.4. The van der Waals surface area contributed by atoms with Crippen LogP contribution in [-0.2, 0) is 11.2 Å². The van der Waals surface area contributed by atoms with Gasteiger partial charge in [0.15, 0.2) is 0 Å². The fourth-order valence-corrected chi connectivity index (χ4v) is 2.87. The highest BCUT2D eigenvalue weighted by atomic mass is 16.5. The number of aryl methyl sites for hydroxylation is 1. The summed E-state index contributed by atoms with van der Waals surface area (Å²) in [6, 6.07) is 17.1. The molecule has 0 heterocycles. The van der Waals surface area contributed by atoms with Gasteiger partial charge in [0.25, 0.3) is 0 Å². The topological polar surface area (TPSA) is 46.5 Å². The van der Waals surface area contributed by atoms with Crippen LogP contribution in [0, 0.1) is 6.92 Å². The van der Waals surface area contributed by atoms with E-state index < -0.39 is 0 Å². The molecule has 3 nitrogen and oxygen atoms in total. The first-order valence-electron chi connectivity index (χ1n) is 7.47. The van der Waals surface area contributed by atoms with Crippen LogP contribution in [0.4, 0.5) is 0 Å². The van der Waals surface area contributed by atoms with Crippen molar-refractivity contribution in [2.24, 2.45) is 0 Å². The lowest BCUT2D eigenvalue weighted by molar-refractivity contribution is 0.0602. The number of benzene rings is 3. The van der Waals surface area contributed by atoms with E-state index in [4.69, 9.17) is 4.74 Å². The van der Waals surface area contributed by atoms with Crippen LogP contribution in [0.1, 0.15) is 27.0 Å². The summed E-state index contributed by atoms with van der Waals surface area (Å²) in [4.78, 5) is 12.3. The van der Waals surface area contributed by atoms with Crippen LogP contribution in [0.25, 0.3) is 10.8 Å². The molecule has 0 unspecified atom stereocenters. The Bertz CT molecular complexity index is 881. The third-order valence-corrected chi connectivity index (χ3v) is 4.02. The van der Waals surface area contributed by atoms with Gasteiger partial charge in [-0.25, -0.2) is 4.79 Å². The number of rotatable bonds is 3. The molecular formula is C20H18O3. The Balaban J connectivity index is 2.17. The minimum Gasteiger partial charge on any atom is -0.508 e. The molecule has 0 aromatic heterocycles. The predicted molar refractivity (Wildman–Crippen MR) is 90.9 cm³/mol. The van der Waals surface area contributed by atoms with Gasteiger partial charge in [-0.2, -0.15) is 0 Å². The zero-order valence-corrected chi connectivity index (χ0v) is 13.2. The molecule has 0 aliphatic carbocycles. The summed E-state index contributed by atoms with van der Waals surface area (Å²) in [6.07, 6.45) is 0.475. The van der Waals surface area contributed by atoms with E-state index in [1.54, 1.807) is 6.07 Å². The molecule has 1 N–H and O–H groups in total. The van der Waals surface area contributed by atoms with E-state index in [0.717, 1.165) is 27.5 Å². The molecule has 0 radical (unpaired) electrons. The summed E-state index contributed by atoms with van der Waals surface area (Å²) < 4.78 is 4.98. The summed E-state index contributed by atoms with van der Waals surface area (Å²) >= 11 is 0. The molecule has 0 fully saturated rings. The number of hydrogen-bond donors (Lipinski definition) is 1. The standard InChI is InChI=1S/C20H18O3/c1-13-7-10-18(21)16(11-13)12-15-9-8-14-5-3-4-6-17(14)19(15)20(22)23-2/h3-11,21H,12H2,1-2H3. The minimum absolute atomic E-state index is 0.236. The first-order chi connectivity index (χ1) is 11.1. The van der Waals surface area contributed by atoms with Gasteiger partial charge in [-0.1, -0.05) is 54.1 Å². The Morgan fingerprint density at radius 2 is 1.83 bits per heavy atom. The van der Waals surface area contributed by atoms with Gasteiger partial charge in [0.1, 0.15) is 5.75 Å². The number of carbonyl (C=O) groups is 1. The summed E-state index contributed by atoms with van der Waals surface area (Å²) in [5.41, 5.74) is 3.27. The third kappa shape index (κ3) is 2.90. The Hall–Kier alpha value is -2.81. The first-order valence-corrected chi connectivity index (χ1v) is 7.47. The second-order valence-electron chi connectivity index (χ2n) is 5.62. The maximum absolute atomic E-state index is 12.3. The van der Waals surface area contributed by atoms with Gasteiger partial charge in [0.2, 0.25) is 0 Å². The van der Waals surface area contributed by atoms with Crippen LogP contribution in [-0.4, -0.2) is 18.2 Å². The molecule has 0 spiro atoms. The summed E-state index contributed by atoms with van der Waals surface area (Å²) in [5.74, 6) is -0.122. The average molecular weight is 306 g/mol. The van der Waals surface area contributed by atoms with Crippen molar-refractivity contribution in [3.63, 3.8) is 0 Å². The van der Waals surface area contributed by atoms with Gasteiger partial charge >= 0.3 is 5.97 Å². The average Bonchev–Trinajstić information content (AvgIpc) is 2.57. The minimum atomic E-state index is -0.357. The van der Waals surface area contributed by atoms with Gasteiger partial charge in [-0.15, -0.1) is 0 Å². The highest BCUT2D eigenvalue weighted by Gasteiger charge is 2.17. The number of fused-ring (bicyclic) bond motifs is 1. The van der Waals surface area contributed by atoms with Crippen LogP contribution in [0.2, 0.25) is 0 Å². The summed E-state index contributed by atoms with van der Waals surface area (Å²) in [5, 5.41) is 11.9. The molecule has 116 valence electrons. The van der Waals surface area contributed by atoms with Crippen molar-refractivity contribution < 1.29 is 14.6 Å². The number of methoxy groups -OCH3 is 1. The number of phenolic OH excluding ortho intramolecular Hbond substituents is 1. The van der Waals surface area contributed by atoms with E-state index in [1.807, 2.05) is 55.5 Å². The monoisotopic (exact) mass is 306 g/mol. The molecule has 3 aromatic rings. The van der Waals surface area contributed by atoms with Crippen LogP contribution in [0.3, 0.4) is 0 Å². The largest absolute Gasteiger partial charge is 0.508 e. The van der Waals surface area contributed by atoms with Gasteiger partial charge in [-0.3, -0.25) is 0 Å². The molecule has 3 rings (SSSR count). The molecule has 3 aromatic carbocycles. The summed E-state index contributed by atoms with van der Waals surface area (Å²) in [7, 11) is 1.39. The van der Waals surface area contributed by atoms with Crippen molar-refractivity contribution in [1.82, 2.24) is 0 Å². The number of ether oxygens (including phenoxy) is 1. The Labute approximate surface area is 135 Å². The molecule has 0 amide bonds. The van der Waals surface area contributed by atoms with E-state index in [-0.39, 0.29) is 11.7 Å². The van der Waals surface area contributed by atoms with Gasteiger partial charge < -0.3 is 9.84 Å². The maximum Gasteiger partial charge on any atom is 0.338 e. The van der Waals surface area contributed by atoms with Crippen molar-refractivity contribution >= 4 is 16.7 Å². The smallest absolute Gasteiger partial charge is 0.338 e. The lowest BCUT2D eigenvalue weighted by atomic mass is 9.93. The van der Waals surface area contributed by atoms with Crippen LogP contribution < -0.4 is 0 Å². The Morgan fingerprint density at radius 3 is 2.61 bits per heavy atom. The first kappa shape index (κ1) is 15.1. The van der Waals surface area contributed by atoms with Gasteiger partial charge in [0.05, 0.1) is 12.7 Å². The van der Waals surface area contributed by atoms with E-state index in [1.165, 1.54) is 7.11 Å². The highest BCUT2D eigenvalue weighted by molar-refractivity contribution is 6.06. The normalized spacial score (nSPS) is 10.7. The lowest BCUT2D eigenvalue weighted by Crippen LogP contribution is -2.07. The van der Waals surface area contributed by atoms with E-state index >= 15 is 0 Å². The molecule has 23 heavy (non-hydrogen) atoms. The van der Waals surface area contributed by atoms with Crippen molar-refractivity contribution in [2.75, 3.05) is 7.11 Å². The van der Waals surface area contributed by atoms with Crippen LogP contribution in [0.5, 0.6) is 5.75 Å². The molecule has 0 saturated heterocycles. The number of esters is 1. The van der Waals surface area contributed by atoms with Crippen molar-refractivity contribution in [2.45, 2.75) is 13.3 Å². The molecule has 0 aliphatic heterocycles. The second-order valence-corrected chi connectivity index (χ2v) is 5.62. The second kappa shape index (κ2) is 6.13. The van der Waals surface area contributed by atoms with E-state index in [9.17, 15) is 9.90 Å². The molecule has 3 heteroatoms. The van der Waals surface area contributed by atoms with Gasteiger partial charge in [-0.05, 0) is 34.9 Å². The number of carbonyl (C=O) groups excluding carboxylic acids is 1. The molecular weight excluding hydrogens is 288 g/mol. The maximum atomic E-state index is 12.3. The quantitative estimate of drug-likeness (QED) is 0.737. The molecule has 0 bridgehead atoms. The fraction of sp³-hybridized carbons (Fsp3) is 0.150.